The maximum absolute atomic E-state index is 13.4. The van der Waals surface area contributed by atoms with Crippen LogP contribution < -0.4 is 5.32 Å². The van der Waals surface area contributed by atoms with Crippen molar-refractivity contribution in [1.29, 1.82) is 0 Å². The van der Waals surface area contributed by atoms with Gasteiger partial charge >= 0.3 is 0 Å². The molecule has 0 aromatic heterocycles. The molecule has 0 atom stereocenters. The first kappa shape index (κ1) is 16.1. The zero-order valence-corrected chi connectivity index (χ0v) is 12.5. The van der Waals surface area contributed by atoms with Crippen molar-refractivity contribution >= 4 is 34.0 Å². The molecule has 6 nitrogen and oxygen atoms in total. The van der Waals surface area contributed by atoms with Crippen LogP contribution in [0.2, 0.25) is 0 Å². The van der Waals surface area contributed by atoms with Gasteiger partial charge in [-0.3, -0.25) is 10.1 Å². The lowest BCUT2D eigenvalue weighted by atomic mass is 10.2. The number of rotatable bonds is 8. The molecule has 0 spiro atoms. The fraction of sp³-hybridized carbons (Fsp3) is 0.455. The highest BCUT2D eigenvalue weighted by Gasteiger charge is 2.16. The molecule has 1 aromatic carbocycles. The molecule has 0 radical (unpaired) electrons. The highest BCUT2D eigenvalue weighted by molar-refractivity contribution is 14.1. The van der Waals surface area contributed by atoms with E-state index >= 15 is 0 Å². The van der Waals surface area contributed by atoms with Crippen molar-refractivity contribution in [3.8, 4) is 0 Å². The van der Waals surface area contributed by atoms with Crippen molar-refractivity contribution in [2.45, 2.75) is 0 Å². The fourth-order valence-corrected chi connectivity index (χ4v) is 1.78. The summed E-state index contributed by atoms with van der Waals surface area (Å²) in [5.41, 5.74) is 0.000879. The predicted octanol–water partition coefficient (Wildman–Crippen LogP) is 2.41. The summed E-state index contributed by atoms with van der Waals surface area (Å²) in [6, 6.07) is 2.32. The van der Waals surface area contributed by atoms with Crippen LogP contribution in [-0.2, 0) is 9.47 Å². The number of methoxy groups -OCH3 is 1. The van der Waals surface area contributed by atoms with Crippen LogP contribution in [0.15, 0.2) is 12.1 Å². The number of hydrogen-bond acceptors (Lipinski definition) is 5. The fourth-order valence-electron chi connectivity index (χ4n) is 1.33. The molecule has 0 fully saturated rings. The second-order valence-corrected chi connectivity index (χ2v) is 4.73. The number of nitro groups is 1. The van der Waals surface area contributed by atoms with E-state index in [1.54, 1.807) is 29.7 Å². The van der Waals surface area contributed by atoms with Crippen LogP contribution in [0.1, 0.15) is 0 Å². The van der Waals surface area contributed by atoms with Gasteiger partial charge in [0.1, 0.15) is 11.5 Å². The van der Waals surface area contributed by atoms with Gasteiger partial charge in [-0.1, -0.05) is 0 Å². The third-order valence-electron chi connectivity index (χ3n) is 2.23. The second kappa shape index (κ2) is 8.23. The Morgan fingerprint density at radius 3 is 2.79 bits per heavy atom. The second-order valence-electron chi connectivity index (χ2n) is 3.57. The number of halogens is 2. The van der Waals surface area contributed by atoms with E-state index in [4.69, 9.17) is 9.47 Å². The Morgan fingerprint density at radius 2 is 2.16 bits per heavy atom. The molecule has 19 heavy (non-hydrogen) atoms. The molecular formula is C11H14FIN2O4. The minimum Gasteiger partial charge on any atom is -0.382 e. The average molecular weight is 384 g/mol. The van der Waals surface area contributed by atoms with Gasteiger partial charge in [0.2, 0.25) is 0 Å². The molecule has 1 aromatic rings. The molecule has 1 N–H and O–H groups in total. The first-order chi connectivity index (χ1) is 9.06. The Morgan fingerprint density at radius 1 is 1.42 bits per heavy atom. The van der Waals surface area contributed by atoms with E-state index in [1.807, 2.05) is 0 Å². The van der Waals surface area contributed by atoms with Crippen LogP contribution >= 0.6 is 22.6 Å². The molecule has 0 amide bonds. The zero-order valence-electron chi connectivity index (χ0n) is 10.3. The van der Waals surface area contributed by atoms with Gasteiger partial charge in [-0.2, -0.15) is 0 Å². The van der Waals surface area contributed by atoms with E-state index in [9.17, 15) is 14.5 Å². The van der Waals surface area contributed by atoms with Crippen LogP contribution in [0, 0.1) is 19.5 Å². The van der Waals surface area contributed by atoms with E-state index in [2.05, 4.69) is 5.32 Å². The normalized spacial score (nSPS) is 10.5. The number of benzene rings is 1. The van der Waals surface area contributed by atoms with Crippen molar-refractivity contribution in [3.63, 3.8) is 0 Å². The lowest BCUT2D eigenvalue weighted by molar-refractivity contribution is -0.384. The van der Waals surface area contributed by atoms with E-state index in [0.29, 0.717) is 26.4 Å². The molecule has 0 unspecified atom stereocenters. The van der Waals surface area contributed by atoms with Gasteiger partial charge < -0.3 is 14.8 Å². The van der Waals surface area contributed by atoms with Crippen molar-refractivity contribution in [1.82, 2.24) is 0 Å². The third kappa shape index (κ3) is 5.25. The molecule has 0 heterocycles. The first-order valence-electron chi connectivity index (χ1n) is 5.50. The van der Waals surface area contributed by atoms with E-state index in [1.165, 1.54) is 6.07 Å². The summed E-state index contributed by atoms with van der Waals surface area (Å²) >= 11 is 1.71. The highest BCUT2D eigenvalue weighted by atomic mass is 127. The van der Waals surface area contributed by atoms with Crippen molar-refractivity contribution in [2.75, 3.05) is 38.8 Å². The van der Waals surface area contributed by atoms with Crippen LogP contribution in [-0.4, -0.2) is 38.4 Å². The van der Waals surface area contributed by atoms with E-state index < -0.39 is 10.7 Å². The SMILES string of the molecule is COCCOCCNc1cc(F)c(I)cc1[N+](=O)[O-]. The third-order valence-corrected chi connectivity index (χ3v) is 3.06. The molecular weight excluding hydrogens is 370 g/mol. The van der Waals surface area contributed by atoms with Crippen LogP contribution in [0.25, 0.3) is 0 Å². The zero-order chi connectivity index (χ0) is 14.3. The Balaban J connectivity index is 2.57. The quantitative estimate of drug-likeness (QED) is 0.323. The summed E-state index contributed by atoms with van der Waals surface area (Å²) in [4.78, 5) is 10.3. The molecule has 0 saturated carbocycles. The largest absolute Gasteiger partial charge is 0.382 e. The number of nitrogens with zero attached hydrogens (tertiary/aromatic N) is 1. The smallest absolute Gasteiger partial charge is 0.293 e. The van der Waals surface area contributed by atoms with Gasteiger partial charge in [0.25, 0.3) is 5.69 Å². The molecule has 0 aliphatic heterocycles. The summed E-state index contributed by atoms with van der Waals surface area (Å²) < 4.78 is 23.6. The van der Waals surface area contributed by atoms with Gasteiger partial charge in [-0.25, -0.2) is 4.39 Å². The van der Waals surface area contributed by atoms with E-state index in [-0.39, 0.29) is 14.9 Å². The predicted molar refractivity (Wildman–Crippen MR) is 77.0 cm³/mol. The Bertz CT molecular complexity index is 445. The molecule has 1 rings (SSSR count). The minimum absolute atomic E-state index is 0.150. The number of anilines is 1. The Labute approximate surface area is 123 Å². The molecule has 0 aliphatic carbocycles. The van der Waals surface area contributed by atoms with Crippen LogP contribution in [0.5, 0.6) is 0 Å². The van der Waals surface area contributed by atoms with Gasteiger partial charge in [-0.15, -0.1) is 0 Å². The minimum atomic E-state index is -0.546. The summed E-state index contributed by atoms with van der Waals surface area (Å²) in [6.45, 7) is 1.64. The lowest BCUT2D eigenvalue weighted by Crippen LogP contribution is -2.13. The van der Waals surface area contributed by atoms with Gasteiger partial charge in [0, 0.05) is 25.8 Å². The summed E-state index contributed by atoms with van der Waals surface area (Å²) in [5.74, 6) is -0.492. The molecule has 0 saturated heterocycles. The highest BCUT2D eigenvalue weighted by Crippen LogP contribution is 2.28. The van der Waals surface area contributed by atoms with Crippen molar-refractivity contribution in [3.05, 3.63) is 31.6 Å². The topological polar surface area (TPSA) is 73.6 Å². The van der Waals surface area contributed by atoms with Gasteiger partial charge in [-0.05, 0) is 22.6 Å². The number of ether oxygens (including phenoxy) is 2. The Hall–Kier alpha value is -1.00. The van der Waals surface area contributed by atoms with Crippen molar-refractivity contribution in [2.24, 2.45) is 0 Å². The molecule has 0 aliphatic rings. The average Bonchev–Trinajstić information content (AvgIpc) is 2.37. The number of hydrogen-bond donors (Lipinski definition) is 1. The Kier molecular flexibility index (Phi) is 6.95. The van der Waals surface area contributed by atoms with Gasteiger partial charge in [0.05, 0.1) is 28.3 Å². The van der Waals surface area contributed by atoms with Gasteiger partial charge in [0.15, 0.2) is 0 Å². The summed E-state index contributed by atoms with van der Waals surface area (Å²) in [5, 5.41) is 13.6. The van der Waals surface area contributed by atoms with Crippen LogP contribution in [0.4, 0.5) is 15.8 Å². The molecule has 106 valence electrons. The monoisotopic (exact) mass is 384 g/mol. The molecule has 0 bridgehead atoms. The number of nitrogens with one attached hydrogen (secondary N) is 1. The first-order valence-corrected chi connectivity index (χ1v) is 6.58. The standard InChI is InChI=1S/C11H14FIN2O4/c1-18-4-5-19-3-2-14-10-6-8(12)9(13)7-11(10)15(16)17/h6-7,14H,2-5H2,1H3. The maximum Gasteiger partial charge on any atom is 0.293 e. The lowest BCUT2D eigenvalue weighted by Gasteiger charge is -2.08. The maximum atomic E-state index is 13.4. The number of nitro benzene ring substituents is 1. The summed E-state index contributed by atoms with van der Waals surface area (Å²) in [6.07, 6.45) is 0. The van der Waals surface area contributed by atoms with E-state index in [0.717, 1.165) is 6.07 Å². The van der Waals surface area contributed by atoms with Crippen LogP contribution in [0.3, 0.4) is 0 Å². The summed E-state index contributed by atoms with van der Waals surface area (Å²) in [7, 11) is 1.57. The molecule has 8 heteroatoms. The van der Waals surface area contributed by atoms with Crippen molar-refractivity contribution < 1.29 is 18.8 Å².